The number of benzene rings is 2. The molecule has 0 spiro atoms. The third-order valence-corrected chi connectivity index (χ3v) is 4.44. The van der Waals surface area contributed by atoms with Crippen LogP contribution >= 0.6 is 0 Å². The minimum Gasteiger partial charge on any atom is -0.497 e. The summed E-state index contributed by atoms with van der Waals surface area (Å²) in [6.45, 7) is 0. The van der Waals surface area contributed by atoms with E-state index < -0.39 is 0 Å². The van der Waals surface area contributed by atoms with E-state index in [9.17, 15) is 4.79 Å². The van der Waals surface area contributed by atoms with Gasteiger partial charge in [0.05, 0.1) is 7.11 Å². The molecule has 2 aromatic carbocycles. The third kappa shape index (κ3) is 3.64. The number of aromatic amines is 1. The number of hydrogen-bond acceptors (Lipinski definition) is 3. The van der Waals surface area contributed by atoms with Crippen molar-refractivity contribution in [1.82, 2.24) is 9.97 Å². The molecule has 0 atom stereocenters. The highest BCUT2D eigenvalue weighted by molar-refractivity contribution is 6.29. The summed E-state index contributed by atoms with van der Waals surface area (Å²) in [6.07, 6.45) is 5.48. The van der Waals surface area contributed by atoms with E-state index in [1.165, 1.54) is 0 Å². The first-order valence-electron chi connectivity index (χ1n) is 8.89. The molecule has 0 aliphatic heterocycles. The van der Waals surface area contributed by atoms with Crippen molar-refractivity contribution >= 4 is 34.3 Å². The molecule has 28 heavy (non-hydrogen) atoms. The number of carbonyl (C=O) groups excluding carboxylic acids is 1. The first-order valence-corrected chi connectivity index (χ1v) is 8.89. The lowest BCUT2D eigenvalue weighted by Crippen LogP contribution is -2.13. The molecule has 0 aliphatic rings. The van der Waals surface area contributed by atoms with Crippen molar-refractivity contribution in [3.63, 3.8) is 0 Å². The Morgan fingerprint density at radius 1 is 1.07 bits per heavy atom. The number of nitrogens with zero attached hydrogens (tertiary/aromatic N) is 1. The summed E-state index contributed by atoms with van der Waals surface area (Å²) in [4.78, 5) is 20.6. The van der Waals surface area contributed by atoms with Crippen molar-refractivity contribution in [3.05, 3.63) is 90.3 Å². The first kappa shape index (κ1) is 17.5. The van der Waals surface area contributed by atoms with Crippen LogP contribution < -0.4 is 10.1 Å². The van der Waals surface area contributed by atoms with Gasteiger partial charge < -0.3 is 15.0 Å². The van der Waals surface area contributed by atoms with Gasteiger partial charge in [-0.05, 0) is 35.9 Å². The monoisotopic (exact) mass is 369 g/mol. The van der Waals surface area contributed by atoms with E-state index in [4.69, 9.17) is 4.74 Å². The zero-order valence-corrected chi connectivity index (χ0v) is 15.3. The van der Waals surface area contributed by atoms with Crippen LogP contribution in [0.25, 0.3) is 22.7 Å². The number of anilines is 1. The van der Waals surface area contributed by atoms with Gasteiger partial charge in [-0.2, -0.15) is 0 Å². The maximum atomic E-state index is 13.1. The molecule has 0 saturated carbocycles. The normalized spacial score (nSPS) is 11.4. The van der Waals surface area contributed by atoms with Crippen LogP contribution in [0.3, 0.4) is 0 Å². The summed E-state index contributed by atoms with van der Waals surface area (Å²) in [7, 11) is 1.60. The quantitative estimate of drug-likeness (QED) is 0.499. The smallest absolute Gasteiger partial charge is 0.256 e. The number of nitrogens with one attached hydrogen (secondary N) is 2. The number of rotatable bonds is 5. The standard InChI is InChI=1S/C23H19N3O2/c1-28-19-10-5-9-18(14-19)26-23(27)21(16-7-3-2-4-8-16)13-17-15-25-22-20(17)11-6-12-24-22/h2-15H,1H3,(H,24,25)(H,26,27)/b21-13+. The first-order chi connectivity index (χ1) is 13.7. The zero-order valence-electron chi connectivity index (χ0n) is 15.3. The molecule has 0 radical (unpaired) electrons. The van der Waals surface area contributed by atoms with Crippen LogP contribution in [0.2, 0.25) is 0 Å². The molecule has 0 unspecified atom stereocenters. The van der Waals surface area contributed by atoms with Crippen LogP contribution in [-0.4, -0.2) is 23.0 Å². The predicted octanol–water partition coefficient (Wildman–Crippen LogP) is 4.75. The van der Waals surface area contributed by atoms with Crippen molar-refractivity contribution in [2.75, 3.05) is 12.4 Å². The Bertz CT molecular complexity index is 1150. The third-order valence-electron chi connectivity index (χ3n) is 4.44. The van der Waals surface area contributed by atoms with E-state index in [1.54, 1.807) is 19.4 Å². The fraction of sp³-hybridized carbons (Fsp3) is 0.0435. The Balaban J connectivity index is 1.74. The molecule has 4 aromatic rings. The molecule has 5 heteroatoms. The molecule has 0 aliphatic carbocycles. The molecule has 5 nitrogen and oxygen atoms in total. The number of methoxy groups -OCH3 is 1. The molecule has 1 amide bonds. The fourth-order valence-corrected chi connectivity index (χ4v) is 3.05. The van der Waals surface area contributed by atoms with Crippen molar-refractivity contribution in [2.45, 2.75) is 0 Å². The highest BCUT2D eigenvalue weighted by atomic mass is 16.5. The van der Waals surface area contributed by atoms with Gasteiger partial charge in [-0.1, -0.05) is 36.4 Å². The largest absolute Gasteiger partial charge is 0.497 e. The molecule has 4 rings (SSSR count). The summed E-state index contributed by atoms with van der Waals surface area (Å²) in [6, 6.07) is 20.8. The molecule has 0 bridgehead atoms. The number of hydrogen-bond donors (Lipinski definition) is 2. The molecule has 2 heterocycles. The molecule has 0 saturated heterocycles. The van der Waals surface area contributed by atoms with E-state index in [0.29, 0.717) is 17.0 Å². The number of H-pyrrole nitrogens is 1. The van der Waals surface area contributed by atoms with E-state index in [2.05, 4.69) is 15.3 Å². The van der Waals surface area contributed by atoms with Crippen molar-refractivity contribution in [3.8, 4) is 5.75 Å². The number of aromatic nitrogens is 2. The Labute approximate surface area is 162 Å². The number of fused-ring (bicyclic) bond motifs is 1. The summed E-state index contributed by atoms with van der Waals surface area (Å²) in [5.41, 5.74) is 3.76. The van der Waals surface area contributed by atoms with Crippen molar-refractivity contribution in [2.24, 2.45) is 0 Å². The Hall–Kier alpha value is -3.86. The average molecular weight is 369 g/mol. The molecule has 2 aromatic heterocycles. The maximum absolute atomic E-state index is 13.1. The second-order valence-corrected chi connectivity index (χ2v) is 6.25. The fourth-order valence-electron chi connectivity index (χ4n) is 3.05. The Morgan fingerprint density at radius 2 is 1.93 bits per heavy atom. The Morgan fingerprint density at radius 3 is 2.75 bits per heavy atom. The van der Waals surface area contributed by atoms with Crippen molar-refractivity contribution < 1.29 is 9.53 Å². The van der Waals surface area contributed by atoms with Gasteiger partial charge in [0.25, 0.3) is 5.91 Å². The lowest BCUT2D eigenvalue weighted by Gasteiger charge is -2.10. The lowest BCUT2D eigenvalue weighted by atomic mass is 10.0. The summed E-state index contributed by atoms with van der Waals surface area (Å²) in [5.74, 6) is 0.489. The maximum Gasteiger partial charge on any atom is 0.256 e. The van der Waals surface area contributed by atoms with E-state index >= 15 is 0 Å². The second-order valence-electron chi connectivity index (χ2n) is 6.25. The molecular weight excluding hydrogens is 350 g/mol. The number of pyridine rings is 1. The van der Waals surface area contributed by atoms with Gasteiger partial charge in [-0.15, -0.1) is 0 Å². The summed E-state index contributed by atoms with van der Waals surface area (Å²) >= 11 is 0. The zero-order chi connectivity index (χ0) is 19.3. The molecule has 138 valence electrons. The van der Waals surface area contributed by atoms with Crippen LogP contribution in [-0.2, 0) is 4.79 Å². The molecular formula is C23H19N3O2. The van der Waals surface area contributed by atoms with Gasteiger partial charge in [0.2, 0.25) is 0 Å². The summed E-state index contributed by atoms with van der Waals surface area (Å²) < 4.78 is 5.24. The number of ether oxygens (including phenoxy) is 1. The van der Waals surface area contributed by atoms with Gasteiger partial charge in [0, 0.05) is 40.7 Å². The second kappa shape index (κ2) is 7.80. The van der Waals surface area contributed by atoms with Crippen LogP contribution in [0, 0.1) is 0 Å². The highest BCUT2D eigenvalue weighted by Gasteiger charge is 2.14. The number of amides is 1. The van der Waals surface area contributed by atoms with E-state index in [0.717, 1.165) is 22.2 Å². The Kier molecular flexibility index (Phi) is 4.89. The van der Waals surface area contributed by atoms with Gasteiger partial charge in [0.1, 0.15) is 11.4 Å². The minimum absolute atomic E-state index is 0.197. The minimum atomic E-state index is -0.197. The average Bonchev–Trinajstić information content (AvgIpc) is 3.15. The van der Waals surface area contributed by atoms with E-state index in [-0.39, 0.29) is 5.91 Å². The van der Waals surface area contributed by atoms with E-state index in [1.807, 2.05) is 72.9 Å². The van der Waals surface area contributed by atoms with Gasteiger partial charge in [-0.25, -0.2) is 4.98 Å². The van der Waals surface area contributed by atoms with Crippen LogP contribution in [0.5, 0.6) is 5.75 Å². The predicted molar refractivity (Wildman–Crippen MR) is 112 cm³/mol. The topological polar surface area (TPSA) is 67.0 Å². The van der Waals surface area contributed by atoms with Crippen LogP contribution in [0.4, 0.5) is 5.69 Å². The number of carbonyl (C=O) groups is 1. The highest BCUT2D eigenvalue weighted by Crippen LogP contribution is 2.25. The van der Waals surface area contributed by atoms with Gasteiger partial charge in [0.15, 0.2) is 0 Å². The van der Waals surface area contributed by atoms with Crippen molar-refractivity contribution in [1.29, 1.82) is 0 Å². The van der Waals surface area contributed by atoms with Crippen LogP contribution in [0.1, 0.15) is 11.1 Å². The lowest BCUT2D eigenvalue weighted by molar-refractivity contribution is -0.111. The van der Waals surface area contributed by atoms with Gasteiger partial charge in [-0.3, -0.25) is 4.79 Å². The SMILES string of the molecule is COc1cccc(NC(=O)/C(=C/c2c[nH]c3ncccc23)c2ccccc2)c1. The summed E-state index contributed by atoms with van der Waals surface area (Å²) in [5, 5.41) is 3.93. The van der Waals surface area contributed by atoms with Crippen LogP contribution in [0.15, 0.2) is 79.1 Å². The molecule has 2 N–H and O–H groups in total. The molecule has 0 fully saturated rings. The van der Waals surface area contributed by atoms with Gasteiger partial charge >= 0.3 is 0 Å².